The summed E-state index contributed by atoms with van der Waals surface area (Å²) >= 11 is 0. The summed E-state index contributed by atoms with van der Waals surface area (Å²) in [5, 5.41) is 10.5. The average molecular weight is 395 g/mol. The lowest BCUT2D eigenvalue weighted by molar-refractivity contribution is -0.137. The van der Waals surface area contributed by atoms with Crippen LogP contribution in [0.4, 0.5) is 0 Å². The van der Waals surface area contributed by atoms with Gasteiger partial charge in [-0.05, 0) is 81.9 Å². The Morgan fingerprint density at radius 3 is 2.74 bits per heavy atom. The molecule has 5 heteroatoms. The van der Waals surface area contributed by atoms with Gasteiger partial charge in [0.1, 0.15) is 6.08 Å². The molecule has 1 N–H and O–H groups in total. The summed E-state index contributed by atoms with van der Waals surface area (Å²) in [4.78, 5) is 25.7. The maximum atomic E-state index is 13.5. The lowest BCUT2D eigenvalue weighted by atomic mass is 9.47. The fraction of sp³-hybridized carbons (Fsp3) is 0.818. The van der Waals surface area contributed by atoms with Gasteiger partial charge in [0.25, 0.3) is 0 Å². The third-order valence-electron chi connectivity index (χ3n) is 7.41. The third-order valence-corrected chi connectivity index (χ3v) is 8.27. The number of rotatable bonds is 3. The summed E-state index contributed by atoms with van der Waals surface area (Å²) in [5.74, 6) is -1.72. The van der Waals surface area contributed by atoms with Crippen LogP contribution >= 0.6 is 0 Å². The van der Waals surface area contributed by atoms with Gasteiger partial charge in [-0.1, -0.05) is 12.5 Å². The van der Waals surface area contributed by atoms with E-state index in [0.717, 1.165) is 0 Å². The molecule has 3 fully saturated rings. The second-order valence-electron chi connectivity index (χ2n) is 10.0. The van der Waals surface area contributed by atoms with Crippen molar-refractivity contribution in [1.29, 1.82) is 0 Å². The zero-order chi connectivity index (χ0) is 23.2. The number of ketones is 2. The number of hydrogen-bond acceptors (Lipinski definition) is 4. The largest absolute Gasteiger partial charge is 0.408 e. The van der Waals surface area contributed by atoms with E-state index in [1.165, 1.54) is 6.08 Å². The van der Waals surface area contributed by atoms with Crippen LogP contribution < -0.4 is 0 Å². The van der Waals surface area contributed by atoms with Crippen molar-refractivity contribution in [3.05, 3.63) is 11.6 Å². The van der Waals surface area contributed by atoms with E-state index in [9.17, 15) is 14.7 Å². The Bertz CT molecular complexity index is 855. The van der Waals surface area contributed by atoms with Gasteiger partial charge in [0.15, 0.2) is 19.9 Å². The first kappa shape index (κ1) is 15.1. The first-order valence-electron chi connectivity index (χ1n) is 12.2. The number of fused-ring (bicyclic) bond motifs is 5. The highest BCUT2D eigenvalue weighted by Crippen LogP contribution is 2.64. The fourth-order valence-corrected chi connectivity index (χ4v) is 6.94. The molecule has 0 aromatic rings. The molecule has 7 atom stereocenters. The van der Waals surface area contributed by atoms with Gasteiger partial charge < -0.3 is 9.53 Å². The van der Waals surface area contributed by atoms with E-state index in [-0.39, 0.29) is 49.3 Å². The normalized spacial score (nSPS) is 53.9. The molecule has 0 saturated heterocycles. The van der Waals surface area contributed by atoms with Crippen LogP contribution in [0.1, 0.15) is 57.3 Å². The van der Waals surface area contributed by atoms with Crippen molar-refractivity contribution in [1.82, 2.24) is 0 Å². The molecular weight excluding hydrogens is 356 g/mol. The van der Waals surface area contributed by atoms with Crippen LogP contribution in [-0.4, -0.2) is 37.7 Å². The molecule has 0 heterocycles. The molecule has 0 bridgehead atoms. The fourth-order valence-electron chi connectivity index (χ4n) is 6.02. The maximum Gasteiger partial charge on any atom is 0.184 e. The Hall–Kier alpha value is -0.783. The third kappa shape index (κ3) is 2.92. The molecule has 150 valence electrons. The highest BCUT2D eigenvalue weighted by molar-refractivity contribution is 6.69. The van der Waals surface area contributed by atoms with Crippen molar-refractivity contribution in [3.63, 3.8) is 0 Å². The van der Waals surface area contributed by atoms with Crippen LogP contribution in [-0.2, 0) is 14.0 Å². The van der Waals surface area contributed by atoms with Gasteiger partial charge in [0.2, 0.25) is 0 Å². The zero-order valence-corrected chi connectivity index (χ0v) is 17.8. The van der Waals surface area contributed by atoms with Crippen molar-refractivity contribution in [2.24, 2.45) is 28.6 Å². The molecule has 3 saturated carbocycles. The molecule has 4 aliphatic carbocycles. The van der Waals surface area contributed by atoms with Gasteiger partial charge in [-0.25, -0.2) is 0 Å². The Morgan fingerprint density at radius 2 is 2.07 bits per heavy atom. The number of aliphatic hydroxyl groups is 1. The number of Topliss-reactive ketones (excluding diaryl/α,β-unsaturated/α-hetero) is 1. The van der Waals surface area contributed by atoms with Crippen LogP contribution in [0.2, 0.25) is 19.6 Å². The smallest absolute Gasteiger partial charge is 0.184 e. The Balaban J connectivity index is 1.80. The van der Waals surface area contributed by atoms with Crippen molar-refractivity contribution >= 4 is 19.9 Å². The van der Waals surface area contributed by atoms with E-state index in [0.29, 0.717) is 18.4 Å². The molecule has 4 nitrogen and oxygen atoms in total. The minimum atomic E-state index is -2.19. The van der Waals surface area contributed by atoms with Gasteiger partial charge in [-0.15, -0.1) is 0 Å². The minimum Gasteiger partial charge on any atom is -0.408 e. The number of aliphatic hydroxyl groups excluding tert-OH is 1. The van der Waals surface area contributed by atoms with E-state index in [1.807, 2.05) is 26.6 Å². The Kier molecular flexibility index (Phi) is 3.56. The summed E-state index contributed by atoms with van der Waals surface area (Å²) < 4.78 is 41.1. The first-order valence-corrected chi connectivity index (χ1v) is 13.5. The summed E-state index contributed by atoms with van der Waals surface area (Å²) in [6.07, 6.45) is -1.45. The van der Waals surface area contributed by atoms with Crippen LogP contribution in [0.25, 0.3) is 0 Å². The summed E-state index contributed by atoms with van der Waals surface area (Å²) in [5.41, 5.74) is -1.01. The second-order valence-corrected chi connectivity index (χ2v) is 14.5. The van der Waals surface area contributed by atoms with Crippen LogP contribution in [0, 0.1) is 28.6 Å². The van der Waals surface area contributed by atoms with E-state index >= 15 is 0 Å². The lowest BCUT2D eigenvalue weighted by Crippen LogP contribution is -2.53. The zero-order valence-electron chi connectivity index (χ0n) is 20.8. The van der Waals surface area contributed by atoms with Crippen molar-refractivity contribution in [2.75, 3.05) is 6.61 Å². The van der Waals surface area contributed by atoms with Crippen molar-refractivity contribution in [2.45, 2.75) is 77.5 Å². The number of carbonyl (C=O) groups excluding carboxylic acids is 2. The van der Waals surface area contributed by atoms with Crippen LogP contribution in [0.3, 0.4) is 0 Å². The molecule has 0 amide bonds. The lowest BCUT2D eigenvalue weighted by Gasteiger charge is -2.57. The molecule has 0 radical (unpaired) electrons. The summed E-state index contributed by atoms with van der Waals surface area (Å²) in [6, 6.07) is 0. The minimum absolute atomic E-state index is 0.0217. The highest BCUT2D eigenvalue weighted by atomic mass is 28.4. The molecule has 27 heavy (non-hydrogen) atoms. The Morgan fingerprint density at radius 1 is 1.33 bits per heavy atom. The van der Waals surface area contributed by atoms with Crippen molar-refractivity contribution < 1.29 is 24.6 Å². The molecule has 0 spiro atoms. The Labute approximate surface area is 169 Å². The summed E-state index contributed by atoms with van der Waals surface area (Å²) in [6.45, 7) is 7.50. The molecule has 4 aliphatic rings. The van der Waals surface area contributed by atoms with Gasteiger partial charge in [0.05, 0.1) is 7.98 Å². The van der Waals surface area contributed by atoms with E-state index in [2.05, 4.69) is 0 Å². The van der Waals surface area contributed by atoms with Crippen molar-refractivity contribution in [3.8, 4) is 0 Å². The predicted octanol–water partition coefficient (Wildman–Crippen LogP) is 3.89. The SMILES string of the molecule is [2H][C@H]1C[C@@]2(CO)C(=CC1=O)CC([2H])([2H])[C@@H]1[C@@H]2CC[C@]2(C)C(=O)[C@]([2H])(O[Si](C)(C)C)C[C@@H]12. The van der Waals surface area contributed by atoms with Gasteiger partial charge in [0, 0.05) is 21.3 Å². The molecule has 0 aromatic heterocycles. The molecule has 0 aromatic carbocycles. The number of hydrogen-bond donors (Lipinski definition) is 1. The average Bonchev–Trinajstić information content (AvgIpc) is 2.82. The van der Waals surface area contributed by atoms with Crippen LogP contribution in [0.5, 0.6) is 0 Å². The first-order chi connectivity index (χ1) is 14.1. The van der Waals surface area contributed by atoms with E-state index < -0.39 is 43.9 Å². The van der Waals surface area contributed by atoms with E-state index in [1.54, 1.807) is 0 Å². The number of carbonyl (C=O) groups is 2. The molecule has 0 unspecified atom stereocenters. The monoisotopic (exact) mass is 394 g/mol. The molecule has 0 aliphatic heterocycles. The topological polar surface area (TPSA) is 63.6 Å². The maximum absolute atomic E-state index is 13.5. The predicted molar refractivity (Wildman–Crippen MR) is 107 cm³/mol. The van der Waals surface area contributed by atoms with Gasteiger partial charge >= 0.3 is 0 Å². The van der Waals surface area contributed by atoms with Gasteiger partial charge in [-0.2, -0.15) is 0 Å². The highest BCUT2D eigenvalue weighted by Gasteiger charge is 2.62. The molecular formula is C22H34O4Si. The summed E-state index contributed by atoms with van der Waals surface area (Å²) in [7, 11) is -2.19. The molecule has 4 rings (SSSR count). The van der Waals surface area contributed by atoms with E-state index in [4.69, 9.17) is 9.91 Å². The van der Waals surface area contributed by atoms with Gasteiger partial charge in [-0.3, -0.25) is 9.59 Å². The quantitative estimate of drug-likeness (QED) is 0.738. The second kappa shape index (κ2) is 6.36. The van der Waals surface area contributed by atoms with Crippen LogP contribution in [0.15, 0.2) is 11.6 Å². The standard InChI is InChI=1S/C22H34O4Si/c1-21-9-8-17-16(18(21)12-19(20(21)25)26-27(2,3)4)6-5-14-11-15(24)7-10-22(14,17)13-23/h11,16-19,23H,5-10,12-13H2,1-4H3/t16-,17+,18+,19-,21+,22-/m1/s1/i6D2,7D,19D/t7-,16+,17-,18-,19+,21-,22+/m0.